The molecule has 0 atom stereocenters. The summed E-state index contributed by atoms with van der Waals surface area (Å²) in [7, 11) is -0.679. The van der Waals surface area contributed by atoms with E-state index >= 15 is 0 Å². The summed E-state index contributed by atoms with van der Waals surface area (Å²) in [5.41, 5.74) is -3.17. The van der Waals surface area contributed by atoms with Crippen molar-refractivity contribution in [1.29, 1.82) is 0 Å². The average Bonchev–Trinajstić information content (AvgIpc) is 2.81. The van der Waals surface area contributed by atoms with Crippen molar-refractivity contribution in [3.63, 3.8) is 0 Å². The molecule has 2 nitrogen and oxygen atoms in total. The highest BCUT2D eigenvalue weighted by atomic mass is 19.4. The molecule has 0 saturated carbocycles. The molecule has 0 aromatic heterocycles. The summed E-state index contributed by atoms with van der Waals surface area (Å²) in [6.45, 7) is 7.51. The van der Waals surface area contributed by atoms with Crippen molar-refractivity contribution in [1.82, 2.24) is 0 Å². The molecule has 0 unspecified atom stereocenters. The van der Waals surface area contributed by atoms with Crippen LogP contribution in [0.25, 0.3) is 11.1 Å². The standard InChI is InChI=1S/C20H19BF6O2/c1-17(2)18(3,4)29-21(28-17)16-7-5-12(6-8-16)13-9-14(19(22,23)24)11-15(10-13)20(25,26)27/h5-11H,1-4H3. The predicted octanol–water partition coefficient (Wildman–Crippen LogP) is 5.69. The molecule has 2 aromatic carbocycles. The van der Waals surface area contributed by atoms with Gasteiger partial charge >= 0.3 is 19.5 Å². The molecule has 29 heavy (non-hydrogen) atoms. The molecule has 0 N–H and O–H groups in total. The van der Waals surface area contributed by atoms with Crippen molar-refractivity contribution >= 4 is 12.6 Å². The Hall–Kier alpha value is -2.00. The molecular formula is C20H19BF6O2. The van der Waals surface area contributed by atoms with E-state index in [0.717, 1.165) is 0 Å². The monoisotopic (exact) mass is 416 g/mol. The third-order valence-corrected chi connectivity index (χ3v) is 5.36. The zero-order valence-corrected chi connectivity index (χ0v) is 16.2. The zero-order valence-electron chi connectivity index (χ0n) is 16.2. The van der Waals surface area contributed by atoms with E-state index in [2.05, 4.69) is 0 Å². The van der Waals surface area contributed by atoms with Crippen LogP contribution in [0.1, 0.15) is 38.8 Å². The van der Waals surface area contributed by atoms with Gasteiger partial charge in [0.05, 0.1) is 22.3 Å². The second-order valence-corrected chi connectivity index (χ2v) is 8.00. The first-order chi connectivity index (χ1) is 13.1. The summed E-state index contributed by atoms with van der Waals surface area (Å²) in [5, 5.41) is 0. The van der Waals surface area contributed by atoms with Crippen molar-refractivity contribution in [3.8, 4) is 11.1 Å². The molecule has 1 aliphatic rings. The van der Waals surface area contributed by atoms with Gasteiger partial charge in [-0.25, -0.2) is 0 Å². The highest BCUT2D eigenvalue weighted by Gasteiger charge is 2.51. The Bertz CT molecular complexity index is 852. The minimum Gasteiger partial charge on any atom is -0.399 e. The van der Waals surface area contributed by atoms with E-state index in [0.29, 0.717) is 17.6 Å². The van der Waals surface area contributed by atoms with Gasteiger partial charge in [0.1, 0.15) is 0 Å². The van der Waals surface area contributed by atoms with Crippen molar-refractivity contribution in [3.05, 3.63) is 53.6 Å². The lowest BCUT2D eigenvalue weighted by molar-refractivity contribution is -0.143. The maximum absolute atomic E-state index is 13.1. The van der Waals surface area contributed by atoms with Crippen LogP contribution in [-0.2, 0) is 21.7 Å². The number of hydrogen-bond acceptors (Lipinski definition) is 2. The van der Waals surface area contributed by atoms with Gasteiger partial charge in [0.2, 0.25) is 0 Å². The van der Waals surface area contributed by atoms with Crippen molar-refractivity contribution in [2.75, 3.05) is 0 Å². The van der Waals surface area contributed by atoms with Gasteiger partial charge in [0, 0.05) is 0 Å². The van der Waals surface area contributed by atoms with E-state index in [4.69, 9.17) is 9.31 Å². The highest BCUT2D eigenvalue weighted by molar-refractivity contribution is 6.62. The molecule has 3 rings (SSSR count). The normalized spacial score (nSPS) is 18.9. The lowest BCUT2D eigenvalue weighted by Crippen LogP contribution is -2.41. The van der Waals surface area contributed by atoms with Crippen molar-refractivity contribution < 1.29 is 35.7 Å². The Morgan fingerprint density at radius 1 is 0.655 bits per heavy atom. The third kappa shape index (κ3) is 4.30. The molecule has 1 saturated heterocycles. The van der Waals surface area contributed by atoms with Crippen LogP contribution >= 0.6 is 0 Å². The molecule has 0 amide bonds. The molecule has 156 valence electrons. The van der Waals surface area contributed by atoms with Gasteiger partial charge in [0.15, 0.2) is 0 Å². The van der Waals surface area contributed by atoms with E-state index in [1.54, 1.807) is 12.1 Å². The molecular weight excluding hydrogens is 397 g/mol. The summed E-state index contributed by atoms with van der Waals surface area (Å²) in [4.78, 5) is 0. The first-order valence-electron chi connectivity index (χ1n) is 8.86. The van der Waals surface area contributed by atoms with E-state index in [1.165, 1.54) is 12.1 Å². The Morgan fingerprint density at radius 3 is 1.45 bits per heavy atom. The quantitative estimate of drug-likeness (QED) is 0.463. The van der Waals surface area contributed by atoms with E-state index in [9.17, 15) is 26.3 Å². The minimum atomic E-state index is -4.89. The number of benzene rings is 2. The summed E-state index contributed by atoms with van der Waals surface area (Å²) in [6.07, 6.45) is -9.78. The smallest absolute Gasteiger partial charge is 0.399 e. The summed E-state index contributed by atoms with van der Waals surface area (Å²) < 4.78 is 90.2. The number of hydrogen-bond donors (Lipinski definition) is 0. The van der Waals surface area contributed by atoms with Gasteiger partial charge in [-0.2, -0.15) is 26.3 Å². The van der Waals surface area contributed by atoms with Gasteiger partial charge in [0.25, 0.3) is 0 Å². The van der Waals surface area contributed by atoms with Gasteiger partial charge in [-0.1, -0.05) is 24.3 Å². The number of rotatable bonds is 2. The van der Waals surface area contributed by atoms with Crippen LogP contribution < -0.4 is 5.46 Å². The van der Waals surface area contributed by atoms with Crippen LogP contribution in [0, 0.1) is 0 Å². The average molecular weight is 416 g/mol. The largest absolute Gasteiger partial charge is 0.494 e. The Morgan fingerprint density at radius 2 is 1.07 bits per heavy atom. The Kier molecular flexibility index (Phi) is 5.07. The molecule has 2 aromatic rings. The fourth-order valence-electron chi connectivity index (χ4n) is 2.93. The molecule has 1 aliphatic heterocycles. The molecule has 1 heterocycles. The molecule has 9 heteroatoms. The predicted molar refractivity (Wildman–Crippen MR) is 97.6 cm³/mol. The van der Waals surface area contributed by atoms with Crippen LogP contribution in [0.15, 0.2) is 42.5 Å². The number of alkyl halides is 6. The molecule has 0 bridgehead atoms. The topological polar surface area (TPSA) is 18.5 Å². The minimum absolute atomic E-state index is 0.113. The lowest BCUT2D eigenvalue weighted by Gasteiger charge is -2.32. The fourth-order valence-corrected chi connectivity index (χ4v) is 2.93. The molecule has 0 spiro atoms. The van der Waals surface area contributed by atoms with Gasteiger partial charge in [-0.15, -0.1) is 0 Å². The zero-order chi connectivity index (χ0) is 21.8. The Balaban J connectivity index is 1.96. The molecule has 0 radical (unpaired) electrons. The maximum Gasteiger partial charge on any atom is 0.494 e. The van der Waals surface area contributed by atoms with E-state index < -0.39 is 41.8 Å². The number of halogens is 6. The van der Waals surface area contributed by atoms with E-state index in [-0.39, 0.29) is 17.2 Å². The lowest BCUT2D eigenvalue weighted by atomic mass is 9.78. The van der Waals surface area contributed by atoms with Crippen LogP contribution in [0.4, 0.5) is 26.3 Å². The van der Waals surface area contributed by atoms with Crippen LogP contribution in [-0.4, -0.2) is 18.3 Å². The third-order valence-electron chi connectivity index (χ3n) is 5.36. The van der Waals surface area contributed by atoms with Crippen molar-refractivity contribution in [2.45, 2.75) is 51.2 Å². The summed E-state index contributed by atoms with van der Waals surface area (Å²) in [5.74, 6) is 0. The van der Waals surface area contributed by atoms with Gasteiger partial charge < -0.3 is 9.31 Å². The summed E-state index contributed by atoms with van der Waals surface area (Å²) in [6, 6.07) is 7.59. The maximum atomic E-state index is 13.1. The van der Waals surface area contributed by atoms with Gasteiger partial charge in [-0.05, 0) is 62.5 Å². The highest BCUT2D eigenvalue weighted by Crippen LogP contribution is 2.39. The Labute approximate surface area is 165 Å². The van der Waals surface area contributed by atoms with Gasteiger partial charge in [-0.3, -0.25) is 0 Å². The van der Waals surface area contributed by atoms with Crippen LogP contribution in [0.2, 0.25) is 0 Å². The van der Waals surface area contributed by atoms with Crippen molar-refractivity contribution in [2.24, 2.45) is 0 Å². The summed E-state index contributed by atoms with van der Waals surface area (Å²) >= 11 is 0. The molecule has 1 fully saturated rings. The van der Waals surface area contributed by atoms with Crippen LogP contribution in [0.3, 0.4) is 0 Å². The van der Waals surface area contributed by atoms with Crippen LogP contribution in [0.5, 0.6) is 0 Å². The first kappa shape index (κ1) is 21.7. The second kappa shape index (κ2) is 6.77. The first-order valence-corrected chi connectivity index (χ1v) is 8.86. The second-order valence-electron chi connectivity index (χ2n) is 8.00. The van der Waals surface area contributed by atoms with E-state index in [1.807, 2.05) is 27.7 Å². The molecule has 0 aliphatic carbocycles. The SMILES string of the molecule is CC1(C)OB(c2ccc(-c3cc(C(F)(F)F)cc(C(F)(F)F)c3)cc2)OC1(C)C. The fraction of sp³-hybridized carbons (Fsp3) is 0.400.